The number of methoxy groups -OCH3 is 1. The van der Waals surface area contributed by atoms with Crippen molar-refractivity contribution >= 4 is 0 Å². The molecule has 3 rings (SSSR count). The van der Waals surface area contributed by atoms with Crippen LogP contribution >= 0.6 is 0 Å². The van der Waals surface area contributed by atoms with E-state index in [1.165, 1.54) is 5.56 Å². The van der Waals surface area contributed by atoms with Gasteiger partial charge in [-0.05, 0) is 56.2 Å². The van der Waals surface area contributed by atoms with E-state index < -0.39 is 5.60 Å². The molecule has 3 N–H and O–H groups in total. The first-order valence-corrected chi connectivity index (χ1v) is 11.4. The highest BCUT2D eigenvalue weighted by Crippen LogP contribution is 2.40. The van der Waals surface area contributed by atoms with Gasteiger partial charge in [0.05, 0.1) is 5.60 Å². The zero-order chi connectivity index (χ0) is 21.2. The summed E-state index contributed by atoms with van der Waals surface area (Å²) >= 11 is 0. The molecule has 0 aromatic heterocycles. The molecule has 1 aliphatic heterocycles. The molecule has 30 heavy (non-hydrogen) atoms. The third kappa shape index (κ3) is 5.92. The lowest BCUT2D eigenvalue weighted by Crippen LogP contribution is -2.52. The predicted molar refractivity (Wildman–Crippen MR) is 123 cm³/mol. The van der Waals surface area contributed by atoms with Crippen LogP contribution in [0, 0.1) is 5.92 Å². The summed E-state index contributed by atoms with van der Waals surface area (Å²) in [5.74, 6) is 0.209. The van der Waals surface area contributed by atoms with Crippen LogP contribution in [0.3, 0.4) is 0 Å². The van der Waals surface area contributed by atoms with Crippen LogP contribution in [0.15, 0.2) is 60.7 Å². The molecule has 0 amide bonds. The molecule has 1 fully saturated rings. The van der Waals surface area contributed by atoms with Gasteiger partial charge >= 0.3 is 0 Å². The molecule has 2 aromatic rings. The molecule has 1 saturated heterocycles. The fourth-order valence-electron chi connectivity index (χ4n) is 4.93. The minimum atomic E-state index is -0.806. The molecule has 0 saturated carbocycles. The van der Waals surface area contributed by atoms with Crippen molar-refractivity contribution < 1.29 is 9.84 Å². The number of likely N-dealkylation sites (tertiary alicyclic amines) is 1. The highest BCUT2D eigenvalue weighted by atomic mass is 16.5. The van der Waals surface area contributed by atoms with E-state index in [0.29, 0.717) is 12.6 Å². The van der Waals surface area contributed by atoms with Crippen molar-refractivity contribution in [1.29, 1.82) is 0 Å². The van der Waals surface area contributed by atoms with Crippen molar-refractivity contribution in [1.82, 2.24) is 4.90 Å². The first kappa shape index (κ1) is 23.0. The van der Waals surface area contributed by atoms with E-state index in [1.54, 1.807) is 7.11 Å². The summed E-state index contributed by atoms with van der Waals surface area (Å²) in [6, 6.07) is 21.2. The van der Waals surface area contributed by atoms with E-state index in [-0.39, 0.29) is 5.92 Å². The van der Waals surface area contributed by atoms with Gasteiger partial charge in [-0.1, -0.05) is 60.7 Å². The molecule has 2 aromatic carbocycles. The summed E-state index contributed by atoms with van der Waals surface area (Å²) in [5.41, 5.74) is 7.78. The number of aliphatic hydroxyl groups is 1. The fourth-order valence-corrected chi connectivity index (χ4v) is 4.93. The predicted octanol–water partition coefficient (Wildman–Crippen LogP) is 3.97. The second-order valence-electron chi connectivity index (χ2n) is 8.65. The van der Waals surface area contributed by atoms with E-state index in [0.717, 1.165) is 63.8 Å². The highest BCUT2D eigenvalue weighted by molar-refractivity contribution is 5.24. The van der Waals surface area contributed by atoms with Crippen LogP contribution in [0.25, 0.3) is 0 Å². The van der Waals surface area contributed by atoms with E-state index >= 15 is 0 Å². The zero-order valence-electron chi connectivity index (χ0n) is 18.4. The lowest BCUT2D eigenvalue weighted by atomic mass is 9.74. The molecule has 4 nitrogen and oxygen atoms in total. The molecule has 1 aliphatic rings. The minimum Gasteiger partial charge on any atom is -0.385 e. The maximum absolute atomic E-state index is 12.0. The van der Waals surface area contributed by atoms with Crippen LogP contribution in [-0.2, 0) is 16.8 Å². The first-order valence-electron chi connectivity index (χ1n) is 11.4. The van der Waals surface area contributed by atoms with E-state index in [2.05, 4.69) is 47.4 Å². The monoisotopic (exact) mass is 410 g/mol. The number of benzene rings is 2. The number of hydrogen-bond acceptors (Lipinski definition) is 4. The summed E-state index contributed by atoms with van der Waals surface area (Å²) in [6.45, 7) is 3.33. The first-order chi connectivity index (χ1) is 14.7. The van der Waals surface area contributed by atoms with Gasteiger partial charge in [0.15, 0.2) is 0 Å². The standard InChI is InChI=1S/C26H38N2O2/c1-30-18-9-8-16-26(29,23-13-6-3-7-14-23)24-15-10-17-28(21-24)25(20-27)19-22-11-4-2-5-12-22/h2-7,11-14,24-25,29H,8-10,15-21,27H2,1H3. The Morgan fingerprint density at radius 1 is 1.10 bits per heavy atom. The molecule has 0 aliphatic carbocycles. The van der Waals surface area contributed by atoms with Crippen LogP contribution in [0.5, 0.6) is 0 Å². The number of piperidine rings is 1. The van der Waals surface area contributed by atoms with Gasteiger partial charge in [-0.2, -0.15) is 0 Å². The SMILES string of the molecule is COCCCCC(O)(c1ccccc1)C1CCCN(C(CN)Cc2ccccc2)C1. The number of hydrogen-bond donors (Lipinski definition) is 2. The smallest absolute Gasteiger partial charge is 0.0936 e. The minimum absolute atomic E-state index is 0.209. The summed E-state index contributed by atoms with van der Waals surface area (Å²) in [7, 11) is 1.74. The van der Waals surface area contributed by atoms with Gasteiger partial charge in [-0.25, -0.2) is 0 Å². The van der Waals surface area contributed by atoms with Gasteiger partial charge in [-0.15, -0.1) is 0 Å². The van der Waals surface area contributed by atoms with Crippen LogP contribution in [0.2, 0.25) is 0 Å². The van der Waals surface area contributed by atoms with E-state index in [9.17, 15) is 5.11 Å². The third-order valence-electron chi connectivity index (χ3n) is 6.66. The molecule has 4 heteroatoms. The van der Waals surface area contributed by atoms with Crippen LogP contribution in [0.1, 0.15) is 43.2 Å². The third-order valence-corrected chi connectivity index (χ3v) is 6.66. The van der Waals surface area contributed by atoms with Crippen molar-refractivity contribution in [3.63, 3.8) is 0 Å². The maximum Gasteiger partial charge on any atom is 0.0936 e. The van der Waals surface area contributed by atoms with Gasteiger partial charge in [0.25, 0.3) is 0 Å². The molecule has 0 spiro atoms. The Kier molecular flexibility index (Phi) is 8.88. The second-order valence-corrected chi connectivity index (χ2v) is 8.65. The Morgan fingerprint density at radius 3 is 2.47 bits per heavy atom. The Hall–Kier alpha value is -1.72. The quantitative estimate of drug-likeness (QED) is 0.550. The molecular formula is C26H38N2O2. The molecule has 0 radical (unpaired) electrons. The zero-order valence-corrected chi connectivity index (χ0v) is 18.4. The van der Waals surface area contributed by atoms with Crippen LogP contribution in [-0.4, -0.2) is 49.4 Å². The number of nitrogens with zero attached hydrogens (tertiary/aromatic N) is 1. The summed E-state index contributed by atoms with van der Waals surface area (Å²) in [4.78, 5) is 2.52. The number of ether oxygens (including phenoxy) is 1. The van der Waals surface area contributed by atoms with Crippen LogP contribution < -0.4 is 5.73 Å². The van der Waals surface area contributed by atoms with Gasteiger partial charge in [-0.3, -0.25) is 4.90 Å². The largest absolute Gasteiger partial charge is 0.385 e. The average Bonchev–Trinajstić information content (AvgIpc) is 2.81. The Labute approximate surface area is 182 Å². The summed E-state index contributed by atoms with van der Waals surface area (Å²) in [6.07, 6.45) is 5.81. The van der Waals surface area contributed by atoms with Gasteiger partial charge in [0, 0.05) is 38.8 Å². The van der Waals surface area contributed by atoms with E-state index in [1.807, 2.05) is 18.2 Å². The Morgan fingerprint density at radius 2 is 1.80 bits per heavy atom. The normalized spacial score (nSPS) is 20.6. The van der Waals surface area contributed by atoms with Crippen molar-refractivity contribution in [2.45, 2.75) is 50.2 Å². The van der Waals surface area contributed by atoms with Gasteiger partial charge in [0.2, 0.25) is 0 Å². The van der Waals surface area contributed by atoms with Crippen molar-refractivity contribution in [2.24, 2.45) is 11.7 Å². The molecule has 3 unspecified atom stereocenters. The number of nitrogens with two attached hydrogens (primary N) is 1. The van der Waals surface area contributed by atoms with E-state index in [4.69, 9.17) is 10.5 Å². The van der Waals surface area contributed by atoms with Crippen molar-refractivity contribution in [3.8, 4) is 0 Å². The van der Waals surface area contributed by atoms with Crippen molar-refractivity contribution in [2.75, 3.05) is 33.4 Å². The Balaban J connectivity index is 1.74. The molecule has 164 valence electrons. The average molecular weight is 411 g/mol. The topological polar surface area (TPSA) is 58.7 Å². The summed E-state index contributed by atoms with van der Waals surface area (Å²) in [5, 5.41) is 12.0. The van der Waals surface area contributed by atoms with Gasteiger partial charge < -0.3 is 15.6 Å². The second kappa shape index (κ2) is 11.6. The lowest BCUT2D eigenvalue weighted by Gasteiger charge is -2.45. The Bertz CT molecular complexity index is 724. The van der Waals surface area contributed by atoms with Crippen molar-refractivity contribution in [3.05, 3.63) is 71.8 Å². The molecule has 3 atom stereocenters. The number of rotatable bonds is 11. The maximum atomic E-state index is 12.0. The highest BCUT2D eigenvalue weighted by Gasteiger charge is 2.41. The molecule has 0 bridgehead atoms. The molecular weight excluding hydrogens is 372 g/mol. The fraction of sp³-hybridized carbons (Fsp3) is 0.538. The molecule has 1 heterocycles. The summed E-state index contributed by atoms with van der Waals surface area (Å²) < 4.78 is 5.22. The number of unbranched alkanes of at least 4 members (excludes halogenated alkanes) is 1. The van der Waals surface area contributed by atoms with Crippen LogP contribution in [0.4, 0.5) is 0 Å². The lowest BCUT2D eigenvalue weighted by molar-refractivity contribution is -0.0672. The van der Waals surface area contributed by atoms with Gasteiger partial charge in [0.1, 0.15) is 0 Å².